The molecule has 16 heteroatoms. The largest absolute Gasteiger partial charge is 0.494 e. The molecule has 0 bridgehead atoms. The summed E-state index contributed by atoms with van der Waals surface area (Å²) in [6.07, 6.45) is 0.435. The molecule has 2 amide bonds. The lowest BCUT2D eigenvalue weighted by Gasteiger charge is -2.29. The van der Waals surface area contributed by atoms with E-state index in [0.717, 1.165) is 11.3 Å². The summed E-state index contributed by atoms with van der Waals surface area (Å²) in [4.78, 5) is 66.2. The fourth-order valence-electron chi connectivity index (χ4n) is 6.02. The average Bonchev–Trinajstić information content (AvgIpc) is 3.45. The number of rotatable bonds is 14. The number of nitro benzene ring substituents is 2. The van der Waals surface area contributed by atoms with Gasteiger partial charge in [-0.3, -0.25) is 39.6 Å². The monoisotopic (exact) mass is 735 g/mol. The van der Waals surface area contributed by atoms with Gasteiger partial charge in [0.25, 0.3) is 11.4 Å². The molecule has 0 saturated carbocycles. The van der Waals surface area contributed by atoms with E-state index >= 15 is 0 Å². The van der Waals surface area contributed by atoms with Crippen LogP contribution in [0.25, 0.3) is 0 Å². The minimum atomic E-state index is -0.736. The van der Waals surface area contributed by atoms with Gasteiger partial charge in [-0.05, 0) is 72.9 Å². The Labute approximate surface area is 305 Å². The third-order valence-corrected chi connectivity index (χ3v) is 10.1. The lowest BCUT2D eigenvalue weighted by Crippen LogP contribution is -2.49. The van der Waals surface area contributed by atoms with Crippen molar-refractivity contribution in [2.45, 2.75) is 50.0 Å². The molecule has 52 heavy (non-hydrogen) atoms. The van der Waals surface area contributed by atoms with Crippen molar-refractivity contribution < 1.29 is 38.4 Å². The first-order valence-corrected chi connectivity index (χ1v) is 18.0. The molecular weight excluding hydrogens is 694 g/mol. The molecule has 0 unspecified atom stereocenters. The summed E-state index contributed by atoms with van der Waals surface area (Å²) in [5, 5.41) is 21.9. The zero-order valence-corrected chi connectivity index (χ0v) is 29.6. The van der Waals surface area contributed by atoms with E-state index in [1.165, 1.54) is 41.3 Å². The Kier molecular flexibility index (Phi) is 13.4. The molecule has 3 aromatic rings. The van der Waals surface area contributed by atoms with Crippen molar-refractivity contribution in [2.75, 3.05) is 45.9 Å². The van der Waals surface area contributed by atoms with E-state index in [1.54, 1.807) is 28.8 Å². The molecule has 2 atom stereocenters. The Hall–Kier alpha value is -5.22. The number of hydrogen-bond acceptors (Lipinski definition) is 12. The van der Waals surface area contributed by atoms with Gasteiger partial charge < -0.3 is 19.1 Å². The standard InChI is InChI=1S/C36H41N5O10S/c1-2-49-31-14-8-28(9-15-31)25-52-32-20-33(39(21-32)36(44)51-24-27-6-12-30(13-7-27)41(47)48)35(43)38-17-3-16-37(18-19-38)22-34(42)50-23-26-4-10-29(11-5-26)40(45)46/h4-15,32-33H,2-3,16-25H2,1H3/t32-,33-/m0/s1. The van der Waals surface area contributed by atoms with E-state index in [9.17, 15) is 34.6 Å². The van der Waals surface area contributed by atoms with Crippen molar-refractivity contribution in [1.82, 2.24) is 14.7 Å². The van der Waals surface area contributed by atoms with Crippen molar-refractivity contribution in [1.29, 1.82) is 0 Å². The summed E-state index contributed by atoms with van der Waals surface area (Å²) in [6.45, 7) is 4.57. The van der Waals surface area contributed by atoms with Gasteiger partial charge in [-0.2, -0.15) is 11.8 Å². The topological polar surface area (TPSA) is 175 Å². The van der Waals surface area contributed by atoms with Crippen molar-refractivity contribution in [3.05, 3.63) is 110 Å². The molecule has 0 radical (unpaired) electrons. The van der Waals surface area contributed by atoms with E-state index in [4.69, 9.17) is 14.2 Å². The summed E-state index contributed by atoms with van der Waals surface area (Å²) in [5.41, 5.74) is 2.20. The third kappa shape index (κ3) is 10.6. The second-order valence-electron chi connectivity index (χ2n) is 12.4. The Balaban J connectivity index is 1.17. The minimum Gasteiger partial charge on any atom is -0.494 e. The molecule has 3 aromatic carbocycles. The van der Waals surface area contributed by atoms with Crippen LogP contribution >= 0.6 is 11.8 Å². The quantitative estimate of drug-likeness (QED) is 0.121. The van der Waals surface area contributed by atoms with Gasteiger partial charge >= 0.3 is 12.1 Å². The lowest BCUT2D eigenvalue weighted by atomic mass is 10.2. The maximum atomic E-state index is 14.1. The second-order valence-corrected chi connectivity index (χ2v) is 13.7. The summed E-state index contributed by atoms with van der Waals surface area (Å²) < 4.78 is 16.6. The molecular formula is C36H41N5O10S. The lowest BCUT2D eigenvalue weighted by molar-refractivity contribution is -0.385. The van der Waals surface area contributed by atoms with E-state index in [0.29, 0.717) is 69.1 Å². The van der Waals surface area contributed by atoms with Gasteiger partial charge in [-0.15, -0.1) is 0 Å². The van der Waals surface area contributed by atoms with E-state index in [2.05, 4.69) is 0 Å². The van der Waals surface area contributed by atoms with Crippen LogP contribution in [-0.4, -0.2) is 99.7 Å². The molecule has 0 aliphatic carbocycles. The van der Waals surface area contributed by atoms with Crippen molar-refractivity contribution in [3.63, 3.8) is 0 Å². The van der Waals surface area contributed by atoms with Gasteiger partial charge in [0.05, 0.1) is 23.0 Å². The van der Waals surface area contributed by atoms with Crippen LogP contribution in [0.4, 0.5) is 16.2 Å². The normalized spacial score (nSPS) is 17.6. The van der Waals surface area contributed by atoms with Gasteiger partial charge in [0.15, 0.2) is 0 Å². The molecule has 2 aliphatic rings. The molecule has 0 N–H and O–H groups in total. The van der Waals surface area contributed by atoms with Crippen LogP contribution in [-0.2, 0) is 38.0 Å². The molecule has 2 saturated heterocycles. The van der Waals surface area contributed by atoms with Crippen molar-refractivity contribution >= 4 is 41.1 Å². The number of ether oxygens (including phenoxy) is 3. The first-order chi connectivity index (χ1) is 25.1. The van der Waals surface area contributed by atoms with Gasteiger partial charge in [0.2, 0.25) is 5.91 Å². The highest BCUT2D eigenvalue weighted by Crippen LogP contribution is 2.32. The summed E-state index contributed by atoms with van der Waals surface area (Å²) >= 11 is 1.67. The number of esters is 1. The number of nitrogens with zero attached hydrogens (tertiary/aromatic N) is 5. The summed E-state index contributed by atoms with van der Waals surface area (Å²) in [5.74, 6) is 0.852. The minimum absolute atomic E-state index is 0.00908. The fraction of sp³-hybridized carbons (Fsp3) is 0.417. The molecule has 276 valence electrons. The van der Waals surface area contributed by atoms with E-state index in [1.807, 2.05) is 36.1 Å². The Bertz CT molecular complexity index is 1710. The van der Waals surface area contributed by atoms with E-state index < -0.39 is 28.0 Å². The predicted molar refractivity (Wildman–Crippen MR) is 192 cm³/mol. The van der Waals surface area contributed by atoms with Gasteiger partial charge in [-0.25, -0.2) is 4.79 Å². The van der Waals surface area contributed by atoms with Crippen LogP contribution in [0, 0.1) is 20.2 Å². The van der Waals surface area contributed by atoms with Crippen LogP contribution in [0.2, 0.25) is 0 Å². The maximum Gasteiger partial charge on any atom is 0.410 e. The Morgan fingerprint density at radius 3 is 1.98 bits per heavy atom. The summed E-state index contributed by atoms with van der Waals surface area (Å²) in [7, 11) is 0. The number of likely N-dealkylation sites (tertiary alicyclic amines) is 1. The number of non-ortho nitro benzene ring substituents is 2. The van der Waals surface area contributed by atoms with Crippen LogP contribution in [0.5, 0.6) is 5.75 Å². The smallest absolute Gasteiger partial charge is 0.410 e. The fourth-order valence-corrected chi connectivity index (χ4v) is 7.23. The highest BCUT2D eigenvalue weighted by atomic mass is 32.2. The number of nitro groups is 2. The number of benzene rings is 3. The molecule has 2 heterocycles. The first kappa shape index (κ1) is 38.0. The molecule has 0 aromatic heterocycles. The zero-order valence-electron chi connectivity index (χ0n) is 28.8. The highest BCUT2D eigenvalue weighted by Gasteiger charge is 2.42. The molecule has 2 aliphatic heterocycles. The van der Waals surface area contributed by atoms with Gasteiger partial charge in [0, 0.05) is 68.0 Å². The number of carbonyl (C=O) groups is 3. The van der Waals surface area contributed by atoms with Crippen LogP contribution in [0.3, 0.4) is 0 Å². The molecule has 0 spiro atoms. The van der Waals surface area contributed by atoms with Crippen LogP contribution in [0.1, 0.15) is 36.5 Å². The Morgan fingerprint density at radius 2 is 1.38 bits per heavy atom. The number of hydrogen-bond donors (Lipinski definition) is 0. The van der Waals surface area contributed by atoms with Gasteiger partial charge in [0.1, 0.15) is 25.0 Å². The average molecular weight is 736 g/mol. The maximum absolute atomic E-state index is 14.1. The van der Waals surface area contributed by atoms with E-state index in [-0.39, 0.29) is 42.3 Å². The highest BCUT2D eigenvalue weighted by molar-refractivity contribution is 7.99. The predicted octanol–water partition coefficient (Wildman–Crippen LogP) is 5.19. The van der Waals surface area contributed by atoms with Gasteiger partial charge in [-0.1, -0.05) is 12.1 Å². The third-order valence-electron chi connectivity index (χ3n) is 8.81. The van der Waals surface area contributed by atoms with Crippen LogP contribution in [0.15, 0.2) is 72.8 Å². The van der Waals surface area contributed by atoms with Crippen molar-refractivity contribution in [2.24, 2.45) is 0 Å². The number of carbonyl (C=O) groups excluding carboxylic acids is 3. The number of thioether (sulfide) groups is 1. The zero-order chi connectivity index (χ0) is 37.0. The molecule has 2 fully saturated rings. The second kappa shape index (κ2) is 18.3. The summed E-state index contributed by atoms with van der Waals surface area (Å²) in [6, 6.07) is 18.7. The van der Waals surface area contributed by atoms with Crippen molar-refractivity contribution in [3.8, 4) is 5.75 Å². The first-order valence-electron chi connectivity index (χ1n) is 17.0. The molecule has 15 nitrogen and oxygen atoms in total. The number of amides is 2. The molecule has 5 rings (SSSR count). The Morgan fingerprint density at radius 1 is 0.788 bits per heavy atom. The SMILES string of the molecule is CCOc1ccc(CS[C@H]2C[C@@H](C(=O)N3CCCN(CC(=O)OCc4ccc([N+](=O)[O-])cc4)CC3)N(C(=O)OCc3ccc([N+](=O)[O-])cc3)C2)cc1. The van der Waals surface area contributed by atoms with Crippen LogP contribution < -0.4 is 4.74 Å².